The Labute approximate surface area is 163 Å². The van der Waals surface area contributed by atoms with Crippen LogP contribution in [0.3, 0.4) is 0 Å². The van der Waals surface area contributed by atoms with E-state index in [0.717, 1.165) is 56.8 Å². The van der Waals surface area contributed by atoms with Crippen molar-refractivity contribution in [2.75, 3.05) is 33.7 Å². The molecule has 0 atom stereocenters. The van der Waals surface area contributed by atoms with Crippen LogP contribution in [0, 0.1) is 19.3 Å². The first kappa shape index (κ1) is 21.3. The van der Waals surface area contributed by atoms with Crippen molar-refractivity contribution < 1.29 is 4.79 Å². The first-order chi connectivity index (χ1) is 12.8. The van der Waals surface area contributed by atoms with Crippen LogP contribution in [0.4, 0.5) is 0 Å². The molecule has 1 aromatic rings. The zero-order valence-electron chi connectivity index (χ0n) is 17.9. The van der Waals surface area contributed by atoms with E-state index in [1.54, 1.807) is 4.90 Å². The number of hydrogen-bond acceptors (Lipinski definition) is 3. The number of carbonyl (C=O) groups excluding carboxylic acids is 1. The molecule has 2 rings (SSSR count). The summed E-state index contributed by atoms with van der Waals surface area (Å²) in [5, 5.41) is 11.2. The number of aromatic nitrogens is 2. The lowest BCUT2D eigenvalue weighted by Gasteiger charge is -2.29. The fraction of sp³-hybridized carbons (Fsp3) is 0.750. The second-order valence-corrected chi connectivity index (χ2v) is 7.83. The molecule has 7 nitrogen and oxygen atoms in total. The van der Waals surface area contributed by atoms with E-state index in [1.807, 2.05) is 25.8 Å². The minimum Gasteiger partial charge on any atom is -0.357 e. The first-order valence-corrected chi connectivity index (χ1v) is 10.0. The second-order valence-electron chi connectivity index (χ2n) is 7.83. The molecule has 0 aromatic carbocycles. The van der Waals surface area contributed by atoms with Gasteiger partial charge in [-0.1, -0.05) is 12.8 Å². The van der Waals surface area contributed by atoms with E-state index in [-0.39, 0.29) is 11.3 Å². The number of amides is 1. The molecular formula is C20H36N6O. The molecule has 1 fully saturated rings. The Morgan fingerprint density at radius 2 is 1.93 bits per heavy atom. The van der Waals surface area contributed by atoms with Gasteiger partial charge < -0.3 is 15.5 Å². The molecule has 2 N–H and O–H groups in total. The smallest absolute Gasteiger partial charge is 0.230 e. The average Bonchev–Trinajstić information content (AvgIpc) is 3.19. The summed E-state index contributed by atoms with van der Waals surface area (Å²) in [6, 6.07) is 0. The molecule has 1 aliphatic rings. The highest BCUT2D eigenvalue weighted by Gasteiger charge is 2.42. The zero-order valence-corrected chi connectivity index (χ0v) is 17.9. The predicted molar refractivity (Wildman–Crippen MR) is 110 cm³/mol. The molecule has 1 saturated carbocycles. The van der Waals surface area contributed by atoms with Crippen LogP contribution in [0.15, 0.2) is 4.99 Å². The van der Waals surface area contributed by atoms with Gasteiger partial charge in [-0.15, -0.1) is 0 Å². The van der Waals surface area contributed by atoms with Crippen molar-refractivity contribution in [3.8, 4) is 0 Å². The Morgan fingerprint density at radius 3 is 2.44 bits per heavy atom. The number of aryl methyl sites for hydroxylation is 2. The lowest BCUT2D eigenvalue weighted by atomic mass is 9.85. The molecule has 0 spiro atoms. The first-order valence-electron chi connectivity index (χ1n) is 10.0. The number of nitrogens with zero attached hydrogens (tertiary/aromatic N) is 4. The maximum atomic E-state index is 12.7. The SMILES string of the molecule is CCNC(=NCC1(C(=O)N(C)C)CCCC1)NCCc1c(C)nn(C)c1C. The molecule has 1 aromatic heterocycles. The lowest BCUT2D eigenvalue weighted by Crippen LogP contribution is -2.43. The van der Waals surface area contributed by atoms with Crippen LogP contribution in [0.25, 0.3) is 0 Å². The van der Waals surface area contributed by atoms with E-state index in [9.17, 15) is 4.79 Å². The van der Waals surface area contributed by atoms with Gasteiger partial charge in [0.2, 0.25) is 5.91 Å². The topological polar surface area (TPSA) is 74.6 Å². The van der Waals surface area contributed by atoms with Crippen LogP contribution in [0.5, 0.6) is 0 Å². The van der Waals surface area contributed by atoms with Crippen molar-refractivity contribution >= 4 is 11.9 Å². The van der Waals surface area contributed by atoms with Crippen molar-refractivity contribution in [1.82, 2.24) is 25.3 Å². The van der Waals surface area contributed by atoms with E-state index in [4.69, 9.17) is 4.99 Å². The van der Waals surface area contributed by atoms with Gasteiger partial charge in [0.05, 0.1) is 17.7 Å². The van der Waals surface area contributed by atoms with Gasteiger partial charge in [-0.25, -0.2) is 0 Å². The predicted octanol–water partition coefficient (Wildman–Crippen LogP) is 1.78. The largest absolute Gasteiger partial charge is 0.357 e. The normalized spacial score (nSPS) is 16.4. The monoisotopic (exact) mass is 376 g/mol. The Kier molecular flexibility index (Phi) is 7.27. The van der Waals surface area contributed by atoms with E-state index in [2.05, 4.69) is 36.5 Å². The molecule has 0 aliphatic heterocycles. The summed E-state index contributed by atoms with van der Waals surface area (Å²) < 4.78 is 1.93. The van der Waals surface area contributed by atoms with Gasteiger partial charge in [0.15, 0.2) is 5.96 Å². The number of guanidine groups is 1. The molecule has 1 aliphatic carbocycles. The second kappa shape index (κ2) is 9.24. The van der Waals surface area contributed by atoms with E-state index in [1.165, 1.54) is 11.3 Å². The van der Waals surface area contributed by atoms with Gasteiger partial charge in [-0.2, -0.15) is 5.10 Å². The van der Waals surface area contributed by atoms with Crippen molar-refractivity contribution in [3.05, 3.63) is 17.0 Å². The summed E-state index contributed by atoms with van der Waals surface area (Å²) in [4.78, 5) is 19.2. The molecule has 1 heterocycles. The number of nitrogens with one attached hydrogen (secondary N) is 2. The number of carbonyl (C=O) groups is 1. The third-order valence-corrected chi connectivity index (χ3v) is 5.63. The maximum absolute atomic E-state index is 12.7. The highest BCUT2D eigenvalue weighted by molar-refractivity contribution is 5.84. The summed E-state index contributed by atoms with van der Waals surface area (Å²) in [6.07, 6.45) is 4.98. The Balaban J connectivity index is 2.01. The van der Waals surface area contributed by atoms with Crippen LogP contribution < -0.4 is 10.6 Å². The minimum atomic E-state index is -0.331. The Hall–Kier alpha value is -2.05. The zero-order chi connectivity index (χ0) is 20.0. The standard InChI is InChI=1S/C20H36N6O/c1-7-21-19(22-13-10-17-15(2)24-26(6)16(17)3)23-14-20(11-8-9-12-20)18(27)25(4)5/h7-14H2,1-6H3,(H2,21,22,23). The van der Waals surface area contributed by atoms with Crippen LogP contribution in [0.2, 0.25) is 0 Å². The third kappa shape index (κ3) is 5.02. The van der Waals surface area contributed by atoms with E-state index in [0.29, 0.717) is 6.54 Å². The molecule has 0 saturated heterocycles. The van der Waals surface area contributed by atoms with Crippen molar-refractivity contribution in [1.29, 1.82) is 0 Å². The molecule has 7 heteroatoms. The van der Waals surface area contributed by atoms with Gasteiger partial charge in [-0.05, 0) is 45.6 Å². The van der Waals surface area contributed by atoms with Gasteiger partial charge in [0, 0.05) is 39.9 Å². The highest BCUT2D eigenvalue weighted by Crippen LogP contribution is 2.39. The summed E-state index contributed by atoms with van der Waals surface area (Å²) in [6.45, 7) is 8.34. The van der Waals surface area contributed by atoms with Gasteiger partial charge in [0.1, 0.15) is 0 Å². The summed E-state index contributed by atoms with van der Waals surface area (Å²) in [5.74, 6) is 0.996. The number of hydrogen-bond donors (Lipinski definition) is 2. The van der Waals surface area contributed by atoms with Crippen molar-refractivity contribution in [3.63, 3.8) is 0 Å². The van der Waals surface area contributed by atoms with Gasteiger partial charge in [0.25, 0.3) is 0 Å². The summed E-state index contributed by atoms with van der Waals surface area (Å²) in [7, 11) is 5.66. The minimum absolute atomic E-state index is 0.209. The molecule has 0 bridgehead atoms. The molecule has 1 amide bonds. The Bertz CT molecular complexity index is 670. The fourth-order valence-electron chi connectivity index (χ4n) is 4.02. The number of aliphatic imine (C=N–C) groups is 1. The number of rotatable bonds is 7. The van der Waals surface area contributed by atoms with Gasteiger partial charge >= 0.3 is 0 Å². The molecular weight excluding hydrogens is 340 g/mol. The van der Waals surface area contributed by atoms with Crippen LogP contribution >= 0.6 is 0 Å². The molecule has 27 heavy (non-hydrogen) atoms. The third-order valence-electron chi connectivity index (χ3n) is 5.63. The van der Waals surface area contributed by atoms with Crippen LogP contribution in [-0.2, 0) is 18.3 Å². The average molecular weight is 377 g/mol. The summed E-state index contributed by atoms with van der Waals surface area (Å²) in [5.41, 5.74) is 3.25. The fourth-order valence-corrected chi connectivity index (χ4v) is 4.02. The summed E-state index contributed by atoms with van der Waals surface area (Å²) >= 11 is 0. The quantitative estimate of drug-likeness (QED) is 0.562. The van der Waals surface area contributed by atoms with E-state index >= 15 is 0 Å². The van der Waals surface area contributed by atoms with Crippen LogP contribution in [-0.4, -0.2) is 60.3 Å². The van der Waals surface area contributed by atoms with Crippen molar-refractivity contribution in [2.24, 2.45) is 17.5 Å². The van der Waals surface area contributed by atoms with Crippen LogP contribution in [0.1, 0.15) is 49.6 Å². The maximum Gasteiger partial charge on any atom is 0.230 e. The van der Waals surface area contributed by atoms with Crippen molar-refractivity contribution in [2.45, 2.75) is 52.9 Å². The highest BCUT2D eigenvalue weighted by atomic mass is 16.2. The lowest BCUT2D eigenvalue weighted by molar-refractivity contribution is -0.138. The molecule has 0 unspecified atom stereocenters. The molecule has 152 valence electrons. The molecule has 0 radical (unpaired) electrons. The van der Waals surface area contributed by atoms with Gasteiger partial charge in [-0.3, -0.25) is 14.5 Å². The Morgan fingerprint density at radius 1 is 1.26 bits per heavy atom. The van der Waals surface area contributed by atoms with E-state index < -0.39 is 0 Å².